The topological polar surface area (TPSA) is 42.0 Å². The maximum absolute atomic E-state index is 12.0. The SMILES string of the molecule is O=C(NCC1Cc2ccccc21)c1ccnc(Cl)c1. The quantitative estimate of drug-likeness (QED) is 0.873. The molecule has 0 aliphatic heterocycles. The third kappa shape index (κ3) is 2.47. The average molecular weight is 273 g/mol. The average Bonchev–Trinajstić information content (AvgIpc) is 2.39. The van der Waals surface area contributed by atoms with Gasteiger partial charge in [-0.15, -0.1) is 0 Å². The van der Waals surface area contributed by atoms with E-state index in [2.05, 4.69) is 22.4 Å². The maximum atomic E-state index is 12.0. The Kier molecular flexibility index (Phi) is 3.22. The number of halogens is 1. The molecule has 1 aliphatic carbocycles. The first-order valence-electron chi connectivity index (χ1n) is 6.21. The van der Waals surface area contributed by atoms with Crippen LogP contribution in [-0.2, 0) is 6.42 Å². The molecule has 96 valence electrons. The molecular formula is C15H13ClN2O. The zero-order valence-corrected chi connectivity index (χ0v) is 11.0. The zero-order chi connectivity index (χ0) is 13.2. The molecule has 1 aromatic heterocycles. The summed E-state index contributed by atoms with van der Waals surface area (Å²) >= 11 is 5.77. The van der Waals surface area contributed by atoms with Crippen molar-refractivity contribution < 1.29 is 4.79 Å². The summed E-state index contributed by atoms with van der Waals surface area (Å²) in [5.41, 5.74) is 3.27. The fraction of sp³-hybridized carbons (Fsp3) is 0.200. The summed E-state index contributed by atoms with van der Waals surface area (Å²) in [5, 5.41) is 3.28. The van der Waals surface area contributed by atoms with Gasteiger partial charge >= 0.3 is 0 Å². The molecule has 0 fully saturated rings. The number of benzene rings is 1. The summed E-state index contributed by atoms with van der Waals surface area (Å²) in [7, 11) is 0. The first kappa shape index (κ1) is 12.2. The van der Waals surface area contributed by atoms with Crippen LogP contribution >= 0.6 is 11.6 Å². The maximum Gasteiger partial charge on any atom is 0.251 e. The largest absolute Gasteiger partial charge is 0.351 e. The Hall–Kier alpha value is -1.87. The van der Waals surface area contributed by atoms with Crippen molar-refractivity contribution in [3.8, 4) is 0 Å². The number of hydrogen-bond donors (Lipinski definition) is 1. The molecule has 1 unspecified atom stereocenters. The summed E-state index contributed by atoms with van der Waals surface area (Å²) in [6.07, 6.45) is 2.57. The Morgan fingerprint density at radius 2 is 2.21 bits per heavy atom. The molecule has 2 aromatic rings. The van der Waals surface area contributed by atoms with Gasteiger partial charge in [0.25, 0.3) is 5.91 Å². The molecule has 19 heavy (non-hydrogen) atoms. The van der Waals surface area contributed by atoms with E-state index in [0.717, 1.165) is 6.42 Å². The van der Waals surface area contributed by atoms with E-state index in [9.17, 15) is 4.79 Å². The molecule has 1 amide bonds. The van der Waals surface area contributed by atoms with E-state index in [4.69, 9.17) is 11.6 Å². The molecule has 0 bridgehead atoms. The lowest BCUT2D eigenvalue weighted by Crippen LogP contribution is -2.33. The van der Waals surface area contributed by atoms with Gasteiger partial charge in [0.1, 0.15) is 5.15 Å². The van der Waals surface area contributed by atoms with Crippen LogP contribution in [0.4, 0.5) is 0 Å². The van der Waals surface area contributed by atoms with Crippen LogP contribution in [0.5, 0.6) is 0 Å². The van der Waals surface area contributed by atoms with Gasteiger partial charge in [-0.1, -0.05) is 35.9 Å². The monoisotopic (exact) mass is 272 g/mol. The van der Waals surface area contributed by atoms with Gasteiger partial charge in [0.15, 0.2) is 0 Å². The second kappa shape index (κ2) is 5.02. The van der Waals surface area contributed by atoms with E-state index >= 15 is 0 Å². The van der Waals surface area contributed by atoms with Crippen molar-refractivity contribution in [1.29, 1.82) is 0 Å². The van der Waals surface area contributed by atoms with E-state index in [-0.39, 0.29) is 5.91 Å². The second-order valence-electron chi connectivity index (χ2n) is 4.68. The van der Waals surface area contributed by atoms with E-state index < -0.39 is 0 Å². The number of carbonyl (C=O) groups excluding carboxylic acids is 1. The Morgan fingerprint density at radius 1 is 1.37 bits per heavy atom. The highest BCUT2D eigenvalue weighted by molar-refractivity contribution is 6.29. The first-order chi connectivity index (χ1) is 9.24. The van der Waals surface area contributed by atoms with E-state index in [1.165, 1.54) is 17.3 Å². The molecule has 1 N–H and O–H groups in total. The molecule has 3 rings (SSSR count). The standard InChI is InChI=1S/C15H13ClN2O/c16-14-8-11(5-6-17-14)15(19)18-9-12-7-10-3-1-2-4-13(10)12/h1-6,8,12H,7,9H2,(H,18,19). The summed E-state index contributed by atoms with van der Waals surface area (Å²) in [6, 6.07) is 11.6. The van der Waals surface area contributed by atoms with Gasteiger partial charge in [-0.3, -0.25) is 4.79 Å². The highest BCUT2D eigenvalue weighted by Gasteiger charge is 2.25. The number of pyridine rings is 1. The lowest BCUT2D eigenvalue weighted by Gasteiger charge is -2.30. The number of amides is 1. The van der Waals surface area contributed by atoms with Crippen molar-refractivity contribution in [2.75, 3.05) is 6.54 Å². The van der Waals surface area contributed by atoms with E-state index in [1.807, 2.05) is 12.1 Å². The van der Waals surface area contributed by atoms with Gasteiger partial charge in [0.2, 0.25) is 0 Å². The van der Waals surface area contributed by atoms with Crippen LogP contribution in [0.25, 0.3) is 0 Å². The molecule has 1 atom stereocenters. The number of hydrogen-bond acceptors (Lipinski definition) is 2. The van der Waals surface area contributed by atoms with Crippen molar-refractivity contribution in [2.24, 2.45) is 0 Å². The highest BCUT2D eigenvalue weighted by Crippen LogP contribution is 2.33. The predicted octanol–water partition coefficient (Wildman–Crippen LogP) is 2.80. The van der Waals surface area contributed by atoms with E-state index in [0.29, 0.717) is 23.2 Å². The first-order valence-corrected chi connectivity index (χ1v) is 6.59. The number of rotatable bonds is 3. The van der Waals surface area contributed by atoms with Crippen LogP contribution in [0.15, 0.2) is 42.6 Å². The van der Waals surface area contributed by atoms with Crippen LogP contribution < -0.4 is 5.32 Å². The van der Waals surface area contributed by atoms with Gasteiger partial charge in [-0.05, 0) is 29.7 Å². The number of carbonyl (C=O) groups is 1. The number of fused-ring (bicyclic) bond motifs is 1. The highest BCUT2D eigenvalue weighted by atomic mass is 35.5. The fourth-order valence-corrected chi connectivity index (χ4v) is 2.58. The van der Waals surface area contributed by atoms with Crippen LogP contribution in [-0.4, -0.2) is 17.4 Å². The Bertz CT molecular complexity index is 627. The normalized spacial score (nSPS) is 16.4. The van der Waals surface area contributed by atoms with Gasteiger partial charge in [-0.2, -0.15) is 0 Å². The lowest BCUT2D eigenvalue weighted by atomic mass is 9.77. The van der Waals surface area contributed by atoms with Crippen LogP contribution in [0.3, 0.4) is 0 Å². The number of nitrogens with one attached hydrogen (secondary N) is 1. The van der Waals surface area contributed by atoms with Gasteiger partial charge in [-0.25, -0.2) is 4.98 Å². The molecule has 0 spiro atoms. The van der Waals surface area contributed by atoms with Crippen molar-refractivity contribution >= 4 is 17.5 Å². The minimum absolute atomic E-state index is 0.103. The summed E-state index contributed by atoms with van der Waals surface area (Å²) in [5.74, 6) is 0.325. The number of aromatic nitrogens is 1. The zero-order valence-electron chi connectivity index (χ0n) is 10.3. The molecular weight excluding hydrogens is 260 g/mol. The molecule has 1 heterocycles. The van der Waals surface area contributed by atoms with Crippen molar-refractivity contribution in [2.45, 2.75) is 12.3 Å². The minimum Gasteiger partial charge on any atom is -0.351 e. The van der Waals surface area contributed by atoms with Crippen molar-refractivity contribution in [3.63, 3.8) is 0 Å². The Morgan fingerprint density at radius 3 is 3.00 bits per heavy atom. The van der Waals surface area contributed by atoms with Crippen LogP contribution in [0.1, 0.15) is 27.4 Å². The third-order valence-corrected chi connectivity index (χ3v) is 3.67. The smallest absolute Gasteiger partial charge is 0.251 e. The Labute approximate surface area is 116 Å². The van der Waals surface area contributed by atoms with Crippen molar-refractivity contribution in [1.82, 2.24) is 10.3 Å². The number of nitrogens with zero attached hydrogens (tertiary/aromatic N) is 1. The molecule has 4 heteroatoms. The molecule has 0 radical (unpaired) electrons. The van der Waals surface area contributed by atoms with E-state index in [1.54, 1.807) is 12.1 Å². The summed E-state index contributed by atoms with van der Waals surface area (Å²) in [6.45, 7) is 0.662. The van der Waals surface area contributed by atoms with Crippen LogP contribution in [0.2, 0.25) is 5.15 Å². The van der Waals surface area contributed by atoms with Gasteiger partial charge in [0.05, 0.1) is 0 Å². The fourth-order valence-electron chi connectivity index (χ4n) is 2.41. The molecule has 0 saturated carbocycles. The molecule has 1 aliphatic rings. The Balaban J connectivity index is 1.61. The summed E-state index contributed by atoms with van der Waals surface area (Å²) in [4.78, 5) is 15.8. The minimum atomic E-state index is -0.103. The molecule has 0 saturated heterocycles. The van der Waals surface area contributed by atoms with Crippen molar-refractivity contribution in [3.05, 3.63) is 64.4 Å². The molecule has 3 nitrogen and oxygen atoms in total. The van der Waals surface area contributed by atoms with Gasteiger partial charge in [0, 0.05) is 24.2 Å². The third-order valence-electron chi connectivity index (χ3n) is 3.46. The van der Waals surface area contributed by atoms with Gasteiger partial charge < -0.3 is 5.32 Å². The lowest BCUT2D eigenvalue weighted by molar-refractivity contribution is 0.0950. The molecule has 1 aromatic carbocycles. The predicted molar refractivity (Wildman–Crippen MR) is 74.5 cm³/mol. The van der Waals surface area contributed by atoms with Crippen LogP contribution in [0, 0.1) is 0 Å². The summed E-state index contributed by atoms with van der Waals surface area (Å²) < 4.78 is 0. The second-order valence-corrected chi connectivity index (χ2v) is 5.06.